The Morgan fingerprint density at radius 3 is 2.50 bits per heavy atom. The number of hydrogen-bond donors (Lipinski definition) is 1. The lowest BCUT2D eigenvalue weighted by Crippen LogP contribution is -2.10. The molecular formula is C13H16BrNO. The maximum Gasteiger partial charge on any atom is 0.262 e. The Hall–Kier alpha value is -1.09. The summed E-state index contributed by atoms with van der Waals surface area (Å²) in [6.07, 6.45) is 3.49. The summed E-state index contributed by atoms with van der Waals surface area (Å²) in [5.74, 6) is -0.207. The zero-order chi connectivity index (χ0) is 12.0. The van der Waals surface area contributed by atoms with Crippen LogP contribution >= 0.6 is 15.9 Å². The lowest BCUT2D eigenvalue weighted by molar-refractivity contribution is -0.112. The summed E-state index contributed by atoms with van der Waals surface area (Å²) < 4.78 is 0.336. The highest BCUT2D eigenvalue weighted by atomic mass is 79.9. The van der Waals surface area contributed by atoms with Gasteiger partial charge in [0.1, 0.15) is 0 Å². The van der Waals surface area contributed by atoms with Crippen molar-refractivity contribution in [2.45, 2.75) is 26.2 Å². The number of carbonyl (C=O) groups excluding carboxylic acids is 1. The van der Waals surface area contributed by atoms with Gasteiger partial charge in [0.05, 0.1) is 4.48 Å². The second-order valence-corrected chi connectivity index (χ2v) is 4.62. The molecule has 3 heteroatoms. The van der Waals surface area contributed by atoms with E-state index >= 15 is 0 Å². The van der Waals surface area contributed by atoms with Crippen molar-refractivity contribution in [2.75, 3.05) is 5.32 Å². The second kappa shape index (κ2) is 6.48. The van der Waals surface area contributed by atoms with Crippen LogP contribution < -0.4 is 5.32 Å². The van der Waals surface area contributed by atoms with E-state index in [0.717, 1.165) is 12.1 Å². The van der Waals surface area contributed by atoms with Crippen LogP contribution in [0.4, 0.5) is 5.69 Å². The Bertz CT molecular complexity index is 370. The zero-order valence-corrected chi connectivity index (χ0v) is 11.0. The maximum absolute atomic E-state index is 11.3. The van der Waals surface area contributed by atoms with E-state index < -0.39 is 0 Å². The van der Waals surface area contributed by atoms with Crippen molar-refractivity contribution in [3.8, 4) is 0 Å². The van der Waals surface area contributed by atoms with E-state index in [0.29, 0.717) is 4.48 Å². The average molecular weight is 282 g/mol. The predicted octanol–water partition coefficient (Wildman–Crippen LogP) is 3.88. The van der Waals surface area contributed by atoms with Crippen LogP contribution in [0.1, 0.15) is 25.3 Å². The molecule has 1 amide bonds. The molecule has 1 N–H and O–H groups in total. The number of amides is 1. The van der Waals surface area contributed by atoms with Crippen LogP contribution in [0, 0.1) is 0 Å². The summed E-state index contributed by atoms with van der Waals surface area (Å²) in [5.41, 5.74) is 2.10. The first-order valence-electron chi connectivity index (χ1n) is 5.38. The number of anilines is 1. The lowest BCUT2D eigenvalue weighted by atomic mass is 10.1. The van der Waals surface area contributed by atoms with Gasteiger partial charge in [0.2, 0.25) is 0 Å². The summed E-state index contributed by atoms with van der Waals surface area (Å²) in [4.78, 5) is 11.3. The van der Waals surface area contributed by atoms with Gasteiger partial charge in [0.15, 0.2) is 0 Å². The van der Waals surface area contributed by atoms with Crippen LogP contribution in [0.15, 0.2) is 35.3 Å². The molecule has 0 aliphatic rings. The van der Waals surface area contributed by atoms with Gasteiger partial charge in [-0.1, -0.05) is 32.1 Å². The van der Waals surface area contributed by atoms with E-state index in [-0.39, 0.29) is 5.91 Å². The summed E-state index contributed by atoms with van der Waals surface area (Å²) in [6.45, 7) is 5.69. The highest BCUT2D eigenvalue weighted by molar-refractivity contribution is 9.12. The topological polar surface area (TPSA) is 29.1 Å². The van der Waals surface area contributed by atoms with Gasteiger partial charge in [-0.15, -0.1) is 0 Å². The van der Waals surface area contributed by atoms with E-state index in [1.807, 2.05) is 24.3 Å². The minimum Gasteiger partial charge on any atom is -0.322 e. The van der Waals surface area contributed by atoms with Crippen LogP contribution in [0.25, 0.3) is 0 Å². The molecule has 16 heavy (non-hydrogen) atoms. The van der Waals surface area contributed by atoms with Crippen molar-refractivity contribution in [1.82, 2.24) is 0 Å². The van der Waals surface area contributed by atoms with Crippen LogP contribution in [0.2, 0.25) is 0 Å². The van der Waals surface area contributed by atoms with Crippen molar-refractivity contribution in [3.63, 3.8) is 0 Å². The number of carbonyl (C=O) groups is 1. The summed E-state index contributed by atoms with van der Waals surface area (Å²) >= 11 is 3.04. The molecule has 0 aromatic heterocycles. The molecule has 0 radical (unpaired) electrons. The molecule has 0 saturated heterocycles. The quantitative estimate of drug-likeness (QED) is 0.816. The largest absolute Gasteiger partial charge is 0.322 e. The van der Waals surface area contributed by atoms with E-state index in [2.05, 4.69) is 34.7 Å². The molecule has 0 unspecified atom stereocenters. The van der Waals surface area contributed by atoms with Crippen LogP contribution in [0.3, 0.4) is 0 Å². The molecule has 2 nitrogen and oxygen atoms in total. The molecule has 0 fully saturated rings. The van der Waals surface area contributed by atoms with Gasteiger partial charge in [-0.2, -0.15) is 0 Å². The molecule has 0 atom stereocenters. The Morgan fingerprint density at radius 1 is 1.38 bits per heavy atom. The fraction of sp³-hybridized carbons (Fsp3) is 0.308. The number of rotatable bonds is 5. The molecule has 0 aliphatic carbocycles. The van der Waals surface area contributed by atoms with Crippen molar-refractivity contribution in [2.24, 2.45) is 0 Å². The van der Waals surface area contributed by atoms with Gasteiger partial charge in [-0.3, -0.25) is 4.79 Å². The highest BCUT2D eigenvalue weighted by Crippen LogP contribution is 2.13. The number of unbranched alkanes of at least 4 members (excludes halogenated alkanes) is 1. The summed E-state index contributed by atoms with van der Waals surface area (Å²) in [5, 5.41) is 2.74. The fourth-order valence-electron chi connectivity index (χ4n) is 1.33. The van der Waals surface area contributed by atoms with Gasteiger partial charge < -0.3 is 5.32 Å². The smallest absolute Gasteiger partial charge is 0.262 e. The normalized spacial score (nSPS) is 9.88. The Kier molecular flexibility index (Phi) is 5.26. The third-order valence-electron chi connectivity index (χ3n) is 2.28. The van der Waals surface area contributed by atoms with E-state index in [4.69, 9.17) is 0 Å². The molecule has 0 saturated carbocycles. The van der Waals surface area contributed by atoms with Gasteiger partial charge in [0.25, 0.3) is 5.91 Å². The van der Waals surface area contributed by atoms with Crippen molar-refractivity contribution in [1.29, 1.82) is 0 Å². The second-order valence-electron chi connectivity index (χ2n) is 3.66. The van der Waals surface area contributed by atoms with E-state index in [9.17, 15) is 4.79 Å². The number of nitrogens with one attached hydrogen (secondary N) is 1. The van der Waals surface area contributed by atoms with Gasteiger partial charge in [0, 0.05) is 5.69 Å². The molecule has 0 aliphatic heterocycles. The number of benzene rings is 1. The van der Waals surface area contributed by atoms with E-state index in [1.54, 1.807) is 0 Å². The molecule has 1 aromatic carbocycles. The first kappa shape index (κ1) is 13.0. The standard InChI is InChI=1S/C13H16BrNO/c1-3-4-5-11-6-8-12(9-7-11)15-13(16)10(2)14/h6-9H,2-5H2,1H3,(H,15,16). The van der Waals surface area contributed by atoms with Crippen LogP contribution in [-0.2, 0) is 11.2 Å². The first-order chi connectivity index (χ1) is 7.63. The van der Waals surface area contributed by atoms with Crippen LogP contribution in [0.5, 0.6) is 0 Å². The zero-order valence-electron chi connectivity index (χ0n) is 9.42. The number of hydrogen-bond acceptors (Lipinski definition) is 1. The maximum atomic E-state index is 11.3. The SMILES string of the molecule is C=C(Br)C(=O)Nc1ccc(CCCC)cc1. The van der Waals surface area contributed by atoms with Gasteiger partial charge in [-0.05, 0) is 46.5 Å². The Labute approximate surface area is 105 Å². The summed E-state index contributed by atoms with van der Waals surface area (Å²) in [7, 11) is 0. The van der Waals surface area contributed by atoms with Crippen molar-refractivity contribution >= 4 is 27.5 Å². The number of aryl methyl sites for hydroxylation is 1. The third kappa shape index (κ3) is 4.19. The van der Waals surface area contributed by atoms with Crippen molar-refractivity contribution in [3.05, 3.63) is 40.9 Å². The Balaban J connectivity index is 2.57. The van der Waals surface area contributed by atoms with Gasteiger partial charge >= 0.3 is 0 Å². The Morgan fingerprint density at radius 2 is 2.00 bits per heavy atom. The van der Waals surface area contributed by atoms with E-state index in [1.165, 1.54) is 18.4 Å². The van der Waals surface area contributed by atoms with Gasteiger partial charge in [-0.25, -0.2) is 0 Å². The first-order valence-corrected chi connectivity index (χ1v) is 6.17. The van der Waals surface area contributed by atoms with Crippen LogP contribution in [-0.4, -0.2) is 5.91 Å². The fourth-order valence-corrected chi connectivity index (χ4v) is 1.43. The lowest BCUT2D eigenvalue weighted by Gasteiger charge is -2.05. The predicted molar refractivity (Wildman–Crippen MR) is 71.8 cm³/mol. The third-order valence-corrected chi connectivity index (χ3v) is 2.64. The molecule has 0 heterocycles. The molecule has 1 aromatic rings. The number of halogens is 1. The molecule has 0 spiro atoms. The van der Waals surface area contributed by atoms with Crippen molar-refractivity contribution < 1.29 is 4.79 Å². The average Bonchev–Trinajstić information content (AvgIpc) is 2.28. The highest BCUT2D eigenvalue weighted by Gasteiger charge is 2.03. The molecule has 0 bridgehead atoms. The minimum atomic E-state index is -0.207. The molecular weight excluding hydrogens is 266 g/mol. The minimum absolute atomic E-state index is 0.207. The molecule has 1 rings (SSSR count). The molecule has 86 valence electrons. The summed E-state index contributed by atoms with van der Waals surface area (Å²) in [6, 6.07) is 7.92. The monoisotopic (exact) mass is 281 g/mol.